The second-order valence-electron chi connectivity index (χ2n) is 18.2. The number of hydrogen-bond acceptors (Lipinski definition) is 2. The Morgan fingerprint density at radius 3 is 1.53 bits per heavy atom. The first-order valence-electron chi connectivity index (χ1n) is 21.9. The molecule has 0 unspecified atom stereocenters. The minimum absolute atomic E-state index is 0.0376. The Bertz CT molecular complexity index is 3010. The van der Waals surface area contributed by atoms with E-state index < -0.39 is 0 Å². The fraction of sp³-hybridized carbons (Fsp3) is 0.193. The summed E-state index contributed by atoms with van der Waals surface area (Å²) in [6.45, 7) is 2.20. The summed E-state index contributed by atoms with van der Waals surface area (Å²) in [5, 5.41) is 7.75. The minimum Gasteiger partial charge on any atom is -0.310 e. The summed E-state index contributed by atoms with van der Waals surface area (Å²) in [7, 11) is 0. The van der Waals surface area contributed by atoms with Crippen LogP contribution in [0.5, 0.6) is 0 Å². The van der Waals surface area contributed by atoms with Gasteiger partial charge in [-0.25, -0.2) is 0 Å². The Labute approximate surface area is 346 Å². The molecule has 59 heavy (non-hydrogen) atoms. The number of rotatable bonds is 6. The van der Waals surface area contributed by atoms with Crippen LogP contribution in [0.15, 0.2) is 176 Å². The van der Waals surface area contributed by atoms with Gasteiger partial charge in [0.2, 0.25) is 0 Å². The van der Waals surface area contributed by atoms with E-state index in [9.17, 15) is 0 Å². The Kier molecular flexibility index (Phi) is 7.15. The number of hydrogen-bond donors (Lipinski definition) is 0. The largest absolute Gasteiger partial charge is 0.310 e. The fourth-order valence-electron chi connectivity index (χ4n) is 13.2. The van der Waals surface area contributed by atoms with Gasteiger partial charge in [-0.3, -0.25) is 0 Å². The Morgan fingerprint density at radius 2 is 0.915 bits per heavy atom. The van der Waals surface area contributed by atoms with E-state index in [2.05, 4.69) is 193 Å². The Hall–Kier alpha value is -6.38. The first kappa shape index (κ1) is 33.6. The maximum atomic E-state index is 2.66. The molecule has 9 aromatic carbocycles. The predicted molar refractivity (Wildman–Crippen MR) is 248 cm³/mol. The van der Waals surface area contributed by atoms with Crippen molar-refractivity contribution < 1.29 is 0 Å². The Balaban J connectivity index is 1.08. The molecule has 4 fully saturated rings. The lowest BCUT2D eigenvalue weighted by Gasteiger charge is -2.61. The SMILES string of the molecule is Cc1ccc(N(c2cccc3c2C2(c4ccccc4-3)C3CC4CC(C3)CC2C4)c2ccc3ccc4c(N(c5ccccc5)c5ccccc5)ccc5ccc2c3c54)cc1. The van der Waals surface area contributed by atoms with Crippen LogP contribution in [0, 0.1) is 30.6 Å². The van der Waals surface area contributed by atoms with Crippen molar-refractivity contribution in [1.82, 2.24) is 0 Å². The smallest absolute Gasteiger partial charge is 0.0540 e. The van der Waals surface area contributed by atoms with E-state index in [0.29, 0.717) is 11.8 Å². The molecule has 0 aliphatic heterocycles. The second kappa shape index (κ2) is 12.6. The van der Waals surface area contributed by atoms with Crippen molar-refractivity contribution in [3.8, 4) is 11.1 Å². The molecule has 14 rings (SSSR count). The van der Waals surface area contributed by atoms with Gasteiger partial charge >= 0.3 is 0 Å². The van der Waals surface area contributed by atoms with E-state index in [-0.39, 0.29) is 5.41 Å². The van der Waals surface area contributed by atoms with E-state index in [1.807, 2.05) is 0 Å². The van der Waals surface area contributed by atoms with Crippen molar-refractivity contribution in [1.29, 1.82) is 0 Å². The lowest BCUT2D eigenvalue weighted by atomic mass is 9.43. The van der Waals surface area contributed by atoms with Crippen LogP contribution in [-0.4, -0.2) is 0 Å². The maximum absolute atomic E-state index is 2.66. The van der Waals surface area contributed by atoms with Crippen molar-refractivity contribution in [2.45, 2.75) is 44.4 Å². The topological polar surface area (TPSA) is 6.48 Å². The van der Waals surface area contributed by atoms with E-state index in [0.717, 1.165) is 23.2 Å². The number of benzene rings is 9. The van der Waals surface area contributed by atoms with Gasteiger partial charge in [-0.2, -0.15) is 0 Å². The first-order chi connectivity index (χ1) is 29.1. The maximum Gasteiger partial charge on any atom is 0.0540 e. The molecule has 284 valence electrons. The van der Waals surface area contributed by atoms with Gasteiger partial charge in [0.25, 0.3) is 0 Å². The van der Waals surface area contributed by atoms with Crippen LogP contribution in [0.4, 0.5) is 34.1 Å². The lowest BCUT2D eigenvalue weighted by molar-refractivity contribution is -0.0397. The van der Waals surface area contributed by atoms with Crippen molar-refractivity contribution in [3.63, 3.8) is 0 Å². The average Bonchev–Trinajstić information content (AvgIpc) is 3.58. The van der Waals surface area contributed by atoms with Gasteiger partial charge < -0.3 is 9.80 Å². The van der Waals surface area contributed by atoms with E-state index in [1.54, 1.807) is 11.1 Å². The molecule has 0 saturated heterocycles. The molecule has 0 heterocycles. The van der Waals surface area contributed by atoms with E-state index in [4.69, 9.17) is 0 Å². The highest BCUT2D eigenvalue weighted by molar-refractivity contribution is 6.28. The summed E-state index contributed by atoms with van der Waals surface area (Å²) in [5.74, 6) is 3.14. The van der Waals surface area contributed by atoms with Crippen LogP contribution < -0.4 is 9.80 Å². The van der Waals surface area contributed by atoms with Gasteiger partial charge in [-0.05, 0) is 161 Å². The number of para-hydroxylation sites is 2. The second-order valence-corrected chi connectivity index (χ2v) is 18.2. The fourth-order valence-corrected chi connectivity index (χ4v) is 13.2. The van der Waals surface area contributed by atoms with Gasteiger partial charge in [-0.1, -0.05) is 127 Å². The molecule has 2 nitrogen and oxygen atoms in total. The van der Waals surface area contributed by atoms with Crippen LogP contribution in [-0.2, 0) is 5.41 Å². The summed E-state index contributed by atoms with van der Waals surface area (Å²) in [5.41, 5.74) is 14.7. The number of aryl methyl sites for hydroxylation is 1. The van der Waals surface area contributed by atoms with Gasteiger partial charge in [0, 0.05) is 33.2 Å². The summed E-state index contributed by atoms with van der Waals surface area (Å²) in [6.07, 6.45) is 6.91. The predicted octanol–water partition coefficient (Wildman–Crippen LogP) is 15.6. The zero-order valence-corrected chi connectivity index (χ0v) is 33.5. The quantitative estimate of drug-likeness (QED) is 0.156. The van der Waals surface area contributed by atoms with E-state index >= 15 is 0 Å². The van der Waals surface area contributed by atoms with Gasteiger partial charge in [-0.15, -0.1) is 0 Å². The summed E-state index contributed by atoms with van der Waals surface area (Å²) in [6, 6.07) is 66.6. The number of anilines is 6. The zero-order valence-electron chi connectivity index (χ0n) is 33.5. The first-order valence-corrected chi connectivity index (χ1v) is 21.9. The molecule has 1 spiro atoms. The van der Waals surface area contributed by atoms with Crippen LogP contribution in [0.1, 0.15) is 48.8 Å². The Morgan fingerprint density at radius 1 is 0.407 bits per heavy atom. The highest BCUT2D eigenvalue weighted by Crippen LogP contribution is 2.71. The monoisotopic (exact) mass is 758 g/mol. The third-order valence-electron chi connectivity index (χ3n) is 15.2. The molecule has 4 saturated carbocycles. The minimum atomic E-state index is 0.0376. The highest BCUT2D eigenvalue weighted by atomic mass is 15.2. The van der Waals surface area contributed by atoms with E-state index in [1.165, 1.54) is 104 Å². The zero-order chi connectivity index (χ0) is 38.8. The molecule has 0 N–H and O–H groups in total. The highest BCUT2D eigenvalue weighted by Gasteiger charge is 2.62. The summed E-state index contributed by atoms with van der Waals surface area (Å²) >= 11 is 0. The normalized spacial score (nSPS) is 22.4. The van der Waals surface area contributed by atoms with Crippen LogP contribution in [0.2, 0.25) is 0 Å². The van der Waals surface area contributed by atoms with Crippen LogP contribution >= 0.6 is 0 Å². The molecule has 0 amide bonds. The number of fused-ring (bicyclic) bond motifs is 3. The summed E-state index contributed by atoms with van der Waals surface area (Å²) < 4.78 is 0. The van der Waals surface area contributed by atoms with Crippen molar-refractivity contribution >= 4 is 66.4 Å². The van der Waals surface area contributed by atoms with Crippen molar-refractivity contribution in [2.24, 2.45) is 23.7 Å². The molecule has 9 aromatic rings. The third kappa shape index (κ3) is 4.69. The van der Waals surface area contributed by atoms with Gasteiger partial charge in [0.15, 0.2) is 0 Å². The van der Waals surface area contributed by atoms with Crippen LogP contribution in [0.3, 0.4) is 0 Å². The van der Waals surface area contributed by atoms with Gasteiger partial charge in [0.1, 0.15) is 0 Å². The molecule has 5 aliphatic carbocycles. The molecule has 5 aliphatic rings. The molecular formula is C57H46N2. The van der Waals surface area contributed by atoms with Crippen molar-refractivity contribution in [2.75, 3.05) is 9.80 Å². The van der Waals surface area contributed by atoms with Crippen molar-refractivity contribution in [3.05, 3.63) is 193 Å². The molecule has 0 aromatic heterocycles. The third-order valence-corrected chi connectivity index (χ3v) is 15.2. The molecule has 0 atom stereocenters. The van der Waals surface area contributed by atoms with Gasteiger partial charge in [0.05, 0.1) is 17.1 Å². The molecular weight excluding hydrogens is 713 g/mol. The standard InChI is InChI=1S/C57H46N2/c1-36-19-25-45(26-20-36)59(53-18-10-16-47-46-15-8-9-17-50(46)57(56(47)53)41-32-37-31-38(34-41)35-42(57)33-37)52-30-24-40-21-27-48-51(29-23-39-22-28-49(52)55(40)54(39)48)58(43-11-4-2-5-12-43)44-13-6-3-7-14-44/h2-30,37-38,41-42H,31-35H2,1H3. The molecule has 0 radical (unpaired) electrons. The number of nitrogens with zero attached hydrogens (tertiary/aromatic N) is 2. The lowest BCUT2D eigenvalue weighted by Crippen LogP contribution is -2.55. The summed E-state index contributed by atoms with van der Waals surface area (Å²) in [4.78, 5) is 5.07. The van der Waals surface area contributed by atoms with Crippen LogP contribution in [0.25, 0.3) is 43.4 Å². The molecule has 2 heteroatoms. The molecule has 4 bridgehead atoms. The average molecular weight is 759 g/mol.